The lowest BCUT2D eigenvalue weighted by atomic mass is 9.94. The monoisotopic (exact) mass is 386 g/mol. The summed E-state index contributed by atoms with van der Waals surface area (Å²) in [5.74, 6) is -19.4. The smallest absolute Gasteiger partial charge is 0.258 e. The van der Waals surface area contributed by atoms with Crippen molar-refractivity contribution in [3.8, 4) is 0 Å². The largest absolute Gasteiger partial charge is 0.381 e. The van der Waals surface area contributed by atoms with E-state index in [0.29, 0.717) is 12.1 Å². The third-order valence-electron chi connectivity index (χ3n) is 2.92. The minimum atomic E-state index is -6.70. The number of nitro groups is 1. The van der Waals surface area contributed by atoms with Crippen LogP contribution < -0.4 is 0 Å². The van der Waals surface area contributed by atoms with Crippen molar-refractivity contribution in [3.05, 3.63) is 38.9 Å². The lowest BCUT2D eigenvalue weighted by Gasteiger charge is -2.34. The maximum Gasteiger partial charge on any atom is 0.381 e. The van der Waals surface area contributed by atoms with E-state index in [2.05, 4.69) is 0 Å². The molecule has 0 aromatic heterocycles. The first-order chi connectivity index (χ1) is 10.7. The minimum Gasteiger partial charge on any atom is -0.258 e. The Morgan fingerprint density at radius 1 is 1.04 bits per heavy atom. The number of halogens is 9. The van der Waals surface area contributed by atoms with Crippen LogP contribution in [0.5, 0.6) is 0 Å². The number of hydrogen-bond donors (Lipinski definition) is 0. The molecule has 4 nitrogen and oxygen atoms in total. The zero-order valence-electron chi connectivity index (χ0n) is 11.0. The van der Waals surface area contributed by atoms with Crippen molar-refractivity contribution in [3.63, 3.8) is 0 Å². The van der Waals surface area contributed by atoms with Gasteiger partial charge >= 0.3 is 24.2 Å². The Kier molecular flexibility index (Phi) is 5.36. The van der Waals surface area contributed by atoms with Gasteiger partial charge < -0.3 is 0 Å². The standard InChI is InChI=1S/C11H5ClF8NO3/c12-6-3-4(21(23)24)1-2-5(6)7(22)9(15,16)11(19,20)10(17,18)8(13)14/h1-3,7-8H. The minimum absolute atomic E-state index is 0.253. The van der Waals surface area contributed by atoms with Crippen molar-refractivity contribution >= 4 is 17.3 Å². The van der Waals surface area contributed by atoms with Crippen LogP contribution in [-0.4, -0.2) is 29.1 Å². The van der Waals surface area contributed by atoms with Crippen LogP contribution >= 0.6 is 11.6 Å². The van der Waals surface area contributed by atoms with E-state index in [1.165, 1.54) is 0 Å². The van der Waals surface area contributed by atoms with E-state index in [0.717, 1.165) is 0 Å². The van der Waals surface area contributed by atoms with Gasteiger partial charge in [-0.05, 0) is 6.07 Å². The third-order valence-corrected chi connectivity index (χ3v) is 3.25. The van der Waals surface area contributed by atoms with Crippen LogP contribution in [0.3, 0.4) is 0 Å². The molecule has 1 unspecified atom stereocenters. The zero-order chi connectivity index (χ0) is 19.1. The lowest BCUT2D eigenvalue weighted by Crippen LogP contribution is -2.59. The molecule has 24 heavy (non-hydrogen) atoms. The summed E-state index contributed by atoms with van der Waals surface area (Å²) in [6.07, 6.45) is -9.15. The van der Waals surface area contributed by atoms with E-state index < -0.39 is 51.5 Å². The SMILES string of the molecule is [O]C(c1ccc([N+](=O)[O-])cc1Cl)C(F)(F)C(F)(F)C(F)(F)C(F)F. The van der Waals surface area contributed by atoms with Gasteiger partial charge in [-0.25, -0.2) is 13.9 Å². The van der Waals surface area contributed by atoms with Gasteiger partial charge in [0, 0.05) is 17.7 Å². The van der Waals surface area contributed by atoms with Gasteiger partial charge in [0.15, 0.2) is 6.10 Å². The summed E-state index contributed by atoms with van der Waals surface area (Å²) in [6, 6.07) is 1.04. The summed E-state index contributed by atoms with van der Waals surface area (Å²) in [7, 11) is 0. The second-order valence-corrected chi connectivity index (χ2v) is 4.87. The van der Waals surface area contributed by atoms with Crippen LogP contribution in [0.15, 0.2) is 18.2 Å². The van der Waals surface area contributed by atoms with Gasteiger partial charge in [0.2, 0.25) is 0 Å². The number of nitrogens with zero attached hydrogens (tertiary/aromatic N) is 1. The number of rotatable bonds is 6. The molecule has 1 rings (SSSR count). The number of hydrogen-bond acceptors (Lipinski definition) is 2. The van der Waals surface area contributed by atoms with Crippen LogP contribution in [0.1, 0.15) is 11.7 Å². The molecule has 0 heterocycles. The van der Waals surface area contributed by atoms with Gasteiger partial charge in [0.05, 0.1) is 9.95 Å². The second kappa shape index (κ2) is 6.31. The first-order valence-electron chi connectivity index (χ1n) is 5.69. The van der Waals surface area contributed by atoms with E-state index in [-0.39, 0.29) is 6.07 Å². The molecule has 0 spiro atoms. The summed E-state index contributed by atoms with van der Waals surface area (Å²) in [5.41, 5.74) is -2.19. The molecule has 1 aromatic rings. The summed E-state index contributed by atoms with van der Waals surface area (Å²) >= 11 is 5.28. The van der Waals surface area contributed by atoms with Crippen molar-refractivity contribution < 1.29 is 45.2 Å². The van der Waals surface area contributed by atoms with E-state index >= 15 is 0 Å². The van der Waals surface area contributed by atoms with E-state index in [4.69, 9.17) is 11.6 Å². The fourth-order valence-electron chi connectivity index (χ4n) is 1.56. The molecule has 0 fully saturated rings. The molecule has 0 aliphatic carbocycles. The third kappa shape index (κ3) is 3.11. The van der Waals surface area contributed by atoms with Crippen LogP contribution in [0.2, 0.25) is 5.02 Å². The molecule has 0 saturated heterocycles. The molecule has 0 bridgehead atoms. The van der Waals surface area contributed by atoms with Gasteiger partial charge in [-0.1, -0.05) is 11.6 Å². The predicted octanol–water partition coefficient (Wildman–Crippen LogP) is 4.89. The van der Waals surface area contributed by atoms with Gasteiger partial charge in [-0.2, -0.15) is 26.3 Å². The summed E-state index contributed by atoms with van der Waals surface area (Å²) < 4.78 is 103. The second-order valence-electron chi connectivity index (χ2n) is 4.46. The van der Waals surface area contributed by atoms with Crippen molar-refractivity contribution in [2.24, 2.45) is 0 Å². The van der Waals surface area contributed by atoms with Gasteiger partial charge in [-0.15, -0.1) is 0 Å². The maximum atomic E-state index is 13.5. The topological polar surface area (TPSA) is 63.0 Å². The number of alkyl halides is 8. The van der Waals surface area contributed by atoms with Gasteiger partial charge in [0.1, 0.15) is 0 Å². The molecule has 1 aromatic carbocycles. The molecule has 0 saturated carbocycles. The van der Waals surface area contributed by atoms with E-state index in [1.54, 1.807) is 0 Å². The molecule has 0 aliphatic heterocycles. The van der Waals surface area contributed by atoms with Gasteiger partial charge in [-0.3, -0.25) is 10.1 Å². The summed E-state index contributed by atoms with van der Waals surface area (Å²) in [5, 5.41) is 20.8. The molecule has 13 heteroatoms. The molecule has 1 atom stereocenters. The highest BCUT2D eigenvalue weighted by Crippen LogP contribution is 2.54. The fourth-order valence-corrected chi connectivity index (χ4v) is 1.84. The van der Waals surface area contributed by atoms with Crippen LogP contribution in [-0.2, 0) is 5.11 Å². The number of nitro benzene ring substituents is 1. The number of benzene rings is 1. The lowest BCUT2D eigenvalue weighted by molar-refractivity contribution is -0.384. The summed E-state index contributed by atoms with van der Waals surface area (Å²) in [4.78, 5) is 9.35. The molecule has 0 N–H and O–H groups in total. The highest BCUT2D eigenvalue weighted by molar-refractivity contribution is 6.31. The zero-order valence-corrected chi connectivity index (χ0v) is 11.7. The van der Waals surface area contributed by atoms with E-state index in [1.807, 2.05) is 0 Å². The van der Waals surface area contributed by atoms with Crippen molar-refractivity contribution in [2.75, 3.05) is 0 Å². The average molecular weight is 387 g/mol. The highest BCUT2D eigenvalue weighted by Gasteiger charge is 2.78. The van der Waals surface area contributed by atoms with Crippen LogP contribution in [0, 0.1) is 10.1 Å². The first-order valence-corrected chi connectivity index (χ1v) is 6.07. The van der Waals surface area contributed by atoms with Crippen LogP contribution in [0.4, 0.5) is 40.8 Å². The Morgan fingerprint density at radius 3 is 1.92 bits per heavy atom. The molecule has 0 aliphatic rings. The summed E-state index contributed by atoms with van der Waals surface area (Å²) in [6.45, 7) is 0. The number of non-ortho nitro benzene ring substituents is 1. The van der Waals surface area contributed by atoms with Crippen molar-refractivity contribution in [1.29, 1.82) is 0 Å². The Morgan fingerprint density at radius 2 is 1.54 bits per heavy atom. The normalized spacial score (nSPS) is 14.8. The quantitative estimate of drug-likeness (QED) is 0.397. The maximum absolute atomic E-state index is 13.5. The molecular weight excluding hydrogens is 382 g/mol. The Bertz CT molecular complexity index is 640. The molecular formula is C11H5ClF8NO3. The molecule has 0 amide bonds. The Labute approximate surface area is 132 Å². The average Bonchev–Trinajstić information content (AvgIpc) is 2.45. The molecule has 1 radical (unpaired) electrons. The van der Waals surface area contributed by atoms with Crippen molar-refractivity contribution in [2.45, 2.75) is 30.3 Å². The van der Waals surface area contributed by atoms with E-state index in [9.17, 15) is 50.3 Å². The predicted molar refractivity (Wildman–Crippen MR) is 62.4 cm³/mol. The highest BCUT2D eigenvalue weighted by atomic mass is 35.5. The van der Waals surface area contributed by atoms with Crippen LogP contribution in [0.25, 0.3) is 0 Å². The Hall–Kier alpha value is -1.69. The Balaban J connectivity index is 3.35. The fraction of sp³-hybridized carbons (Fsp3) is 0.455. The van der Waals surface area contributed by atoms with Crippen molar-refractivity contribution in [1.82, 2.24) is 0 Å². The molecule has 135 valence electrons. The van der Waals surface area contributed by atoms with Gasteiger partial charge in [0.25, 0.3) is 5.69 Å². The first kappa shape index (κ1) is 20.4.